The summed E-state index contributed by atoms with van der Waals surface area (Å²) in [4.78, 5) is 32.7. The number of likely N-dealkylation sites (tertiary alicyclic amines) is 1. The quantitative estimate of drug-likeness (QED) is 0.285. The molecule has 218 valence electrons. The monoisotopic (exact) mass is 598 g/mol. The van der Waals surface area contributed by atoms with E-state index in [0.29, 0.717) is 19.0 Å². The fraction of sp³-hybridized carbons (Fsp3) is 0.423. The number of nitriles is 1. The summed E-state index contributed by atoms with van der Waals surface area (Å²) >= 11 is 5.44. The van der Waals surface area contributed by atoms with Crippen LogP contribution in [-0.2, 0) is 11.0 Å². The van der Waals surface area contributed by atoms with Crippen LogP contribution in [0, 0.1) is 17.1 Å². The van der Waals surface area contributed by atoms with Crippen LogP contribution in [-0.4, -0.2) is 65.5 Å². The van der Waals surface area contributed by atoms with E-state index >= 15 is 4.39 Å². The van der Waals surface area contributed by atoms with Crippen molar-refractivity contribution in [2.24, 2.45) is 0 Å². The fourth-order valence-corrected chi connectivity index (χ4v) is 5.06. The summed E-state index contributed by atoms with van der Waals surface area (Å²) in [5.74, 6) is -4.92. The van der Waals surface area contributed by atoms with Crippen LogP contribution in [0.25, 0.3) is 0 Å². The molecule has 1 aromatic heterocycles. The zero-order chi connectivity index (χ0) is 29.9. The number of benzene rings is 1. The van der Waals surface area contributed by atoms with Gasteiger partial charge >= 0.3 is 6.18 Å². The number of hydrogen-bond acceptors (Lipinski definition) is 6. The molecule has 0 bridgehead atoms. The highest BCUT2D eigenvalue weighted by atomic mass is 32.1. The van der Waals surface area contributed by atoms with Gasteiger partial charge in [0.1, 0.15) is 11.9 Å². The molecule has 2 fully saturated rings. The van der Waals surface area contributed by atoms with Crippen LogP contribution in [0.15, 0.2) is 30.5 Å². The number of halogens is 6. The predicted octanol–water partition coefficient (Wildman–Crippen LogP) is 4.49. The van der Waals surface area contributed by atoms with Gasteiger partial charge in [-0.2, -0.15) is 18.4 Å². The van der Waals surface area contributed by atoms with Crippen LogP contribution in [0.1, 0.15) is 47.3 Å². The third-order valence-electron chi connectivity index (χ3n) is 6.68. The van der Waals surface area contributed by atoms with Gasteiger partial charge in [-0.15, -0.1) is 0 Å². The van der Waals surface area contributed by atoms with Crippen molar-refractivity contribution in [2.75, 3.05) is 42.5 Å². The van der Waals surface area contributed by atoms with Gasteiger partial charge in [0.25, 0.3) is 11.8 Å². The Morgan fingerprint density at radius 3 is 2.59 bits per heavy atom. The third kappa shape index (κ3) is 6.94. The Morgan fingerprint density at radius 1 is 1.20 bits per heavy atom. The number of rotatable bonds is 7. The van der Waals surface area contributed by atoms with E-state index in [2.05, 4.69) is 10.3 Å². The number of thiocarbonyl (C=S) groups is 1. The summed E-state index contributed by atoms with van der Waals surface area (Å²) in [6.07, 6.45) is -3.61. The molecule has 2 amide bonds. The lowest BCUT2D eigenvalue weighted by atomic mass is 10.1. The predicted molar refractivity (Wildman–Crippen MR) is 140 cm³/mol. The van der Waals surface area contributed by atoms with Crippen LogP contribution in [0.2, 0.25) is 0 Å². The Bertz CT molecular complexity index is 1400. The van der Waals surface area contributed by atoms with Crippen LogP contribution < -0.4 is 15.1 Å². The van der Waals surface area contributed by atoms with Crippen molar-refractivity contribution < 1.29 is 35.9 Å². The van der Waals surface area contributed by atoms with Gasteiger partial charge in [-0.1, -0.05) is 0 Å². The van der Waals surface area contributed by atoms with E-state index in [-0.39, 0.29) is 67.5 Å². The molecule has 2 saturated heterocycles. The van der Waals surface area contributed by atoms with Crippen molar-refractivity contribution in [3.8, 4) is 6.07 Å². The topological polar surface area (TPSA) is 92.6 Å². The van der Waals surface area contributed by atoms with E-state index in [9.17, 15) is 31.5 Å². The fourth-order valence-electron chi connectivity index (χ4n) is 4.65. The highest BCUT2D eigenvalue weighted by Crippen LogP contribution is 2.35. The van der Waals surface area contributed by atoms with Crippen molar-refractivity contribution in [1.29, 1.82) is 5.26 Å². The molecule has 0 unspecified atom stereocenters. The summed E-state index contributed by atoms with van der Waals surface area (Å²) in [5, 5.41) is 11.3. The second kappa shape index (κ2) is 12.0. The minimum atomic E-state index is -4.91. The smallest absolute Gasteiger partial charge is 0.352 e. The lowest BCUT2D eigenvalue weighted by Gasteiger charge is -2.30. The lowest BCUT2D eigenvalue weighted by molar-refractivity contribution is -0.138. The second-order valence-electron chi connectivity index (χ2n) is 9.62. The zero-order valence-corrected chi connectivity index (χ0v) is 22.3. The summed E-state index contributed by atoms with van der Waals surface area (Å²) in [6.45, 7) is 0.580. The van der Waals surface area contributed by atoms with Gasteiger partial charge in [0.15, 0.2) is 10.8 Å². The molecule has 0 atom stereocenters. The maximum absolute atomic E-state index is 15.0. The second-order valence-corrected chi connectivity index (χ2v) is 9.99. The summed E-state index contributed by atoms with van der Waals surface area (Å²) in [5.41, 5.74) is -2.60. The van der Waals surface area contributed by atoms with Crippen LogP contribution in [0.5, 0.6) is 0 Å². The average molecular weight is 599 g/mol. The molecule has 0 spiro atoms. The number of aromatic nitrogens is 1. The molecule has 2 aromatic rings. The Labute approximate surface area is 236 Å². The molecule has 41 heavy (non-hydrogen) atoms. The van der Waals surface area contributed by atoms with E-state index in [1.54, 1.807) is 4.90 Å². The van der Waals surface area contributed by atoms with Crippen molar-refractivity contribution in [2.45, 2.75) is 37.8 Å². The molecule has 2 aliphatic rings. The average Bonchev–Trinajstić information content (AvgIpc) is 3.18. The molecular formula is C26H24F6N6O2S. The minimum absolute atomic E-state index is 0.0734. The van der Waals surface area contributed by atoms with Crippen LogP contribution in [0.4, 0.5) is 37.7 Å². The van der Waals surface area contributed by atoms with E-state index in [1.807, 2.05) is 0 Å². The molecule has 3 heterocycles. The Kier molecular flexibility index (Phi) is 8.83. The van der Waals surface area contributed by atoms with E-state index in [0.717, 1.165) is 17.2 Å². The van der Waals surface area contributed by atoms with Gasteiger partial charge in [-0.3, -0.25) is 19.4 Å². The van der Waals surface area contributed by atoms with Crippen LogP contribution in [0.3, 0.4) is 0 Å². The van der Waals surface area contributed by atoms with Crippen molar-refractivity contribution >= 4 is 40.5 Å². The van der Waals surface area contributed by atoms with Crippen molar-refractivity contribution in [3.63, 3.8) is 0 Å². The summed E-state index contributed by atoms with van der Waals surface area (Å²) in [7, 11) is 0. The summed E-state index contributed by atoms with van der Waals surface area (Å²) < 4.78 is 82.1. The first-order valence-corrected chi connectivity index (χ1v) is 13.0. The van der Waals surface area contributed by atoms with Gasteiger partial charge in [0.05, 0.1) is 29.6 Å². The Hall–Kier alpha value is -3.77. The van der Waals surface area contributed by atoms with Gasteiger partial charge in [0, 0.05) is 44.7 Å². The molecule has 15 heteroatoms. The normalized spacial score (nSPS) is 17.9. The van der Waals surface area contributed by atoms with Gasteiger partial charge < -0.3 is 10.2 Å². The summed E-state index contributed by atoms with van der Waals surface area (Å²) in [6, 6.07) is 5.62. The zero-order valence-electron chi connectivity index (χ0n) is 21.5. The molecule has 0 radical (unpaired) electrons. The van der Waals surface area contributed by atoms with Gasteiger partial charge in [-0.25, -0.2) is 18.2 Å². The van der Waals surface area contributed by atoms with Gasteiger partial charge in [-0.05, 0) is 49.3 Å². The largest absolute Gasteiger partial charge is 0.419 e. The Morgan fingerprint density at radius 2 is 1.95 bits per heavy atom. The number of anilines is 2. The molecule has 0 aliphatic carbocycles. The SMILES string of the molecule is N#Cc1ncc(N2C(=O)CCCN(c3ccc(C(=O)NCCCN4CCC(F)(F)C4)c(F)c3)C2=S)cc1C(F)(F)F. The molecule has 2 aliphatic heterocycles. The highest BCUT2D eigenvalue weighted by Gasteiger charge is 2.38. The number of hydrogen-bond donors (Lipinski definition) is 1. The van der Waals surface area contributed by atoms with Crippen molar-refractivity contribution in [3.05, 3.63) is 53.1 Å². The number of carbonyl (C=O) groups excluding carboxylic acids is 2. The number of nitrogens with zero attached hydrogens (tertiary/aromatic N) is 5. The molecule has 1 aromatic carbocycles. The minimum Gasteiger partial charge on any atom is -0.352 e. The standard InChI is InChI=1S/C26H24F6N6O2S/c27-20-12-16(4-5-18(20)23(40)34-7-2-8-36-10-6-25(28,29)15-36)37-9-1-3-22(39)38(24(37)41)17-11-19(26(30,31)32)21(13-33)35-14-17/h4-5,11-12,14H,1-3,6-10,15H2,(H,34,40). The highest BCUT2D eigenvalue weighted by molar-refractivity contribution is 7.81. The van der Waals surface area contributed by atoms with E-state index < -0.39 is 41.0 Å². The van der Waals surface area contributed by atoms with Crippen LogP contribution >= 0.6 is 12.2 Å². The van der Waals surface area contributed by atoms with E-state index in [1.165, 1.54) is 23.1 Å². The number of pyridine rings is 1. The molecule has 1 N–H and O–H groups in total. The number of amides is 2. The number of alkyl halides is 5. The first-order valence-electron chi connectivity index (χ1n) is 12.6. The first kappa shape index (κ1) is 30.2. The van der Waals surface area contributed by atoms with E-state index in [4.69, 9.17) is 17.5 Å². The maximum Gasteiger partial charge on any atom is 0.419 e. The van der Waals surface area contributed by atoms with Gasteiger partial charge in [0.2, 0.25) is 5.91 Å². The lowest BCUT2D eigenvalue weighted by Crippen LogP contribution is -2.44. The van der Waals surface area contributed by atoms with Crippen molar-refractivity contribution in [1.82, 2.24) is 15.2 Å². The first-order chi connectivity index (χ1) is 19.3. The molecular weight excluding hydrogens is 574 g/mol. The molecule has 8 nitrogen and oxygen atoms in total. The maximum atomic E-state index is 15.0. The number of nitrogens with one attached hydrogen (secondary N) is 1. The third-order valence-corrected chi connectivity index (χ3v) is 7.08. The Balaban J connectivity index is 1.47. The number of carbonyl (C=O) groups is 2. The molecule has 0 saturated carbocycles. The molecule has 4 rings (SSSR count).